The molecule has 1 aromatic rings. The Labute approximate surface area is 229 Å². The van der Waals surface area contributed by atoms with E-state index in [1.807, 2.05) is 0 Å². The van der Waals surface area contributed by atoms with E-state index in [1.54, 1.807) is 13.1 Å². The standard InChI is InChI=1S/C28H39FN4O6/c1-4-7-8-9-10-11-12-13-23(34)38-22-16-21(39-28(22,5-2)18-37-27(35)36-6-3)19-14-15-20-24(31-17-19)25(30)33-26(29)32-20/h2,17,19,21-22H,4,6-16,18H2,1,3H3,(H2,30,32,33)/t19?,21-,22+,28-/m1/s1. The molecule has 0 amide bonds. The SMILES string of the molecule is C#C[C@]1(COC(=O)OCC)O[C@@H](C2C=Nc3c(N)nc(F)nc3CC2)C[C@@H]1OC(=O)CCCCCCCCC. The van der Waals surface area contributed by atoms with Gasteiger partial charge < -0.3 is 24.7 Å². The van der Waals surface area contributed by atoms with E-state index in [0.717, 1.165) is 25.7 Å². The van der Waals surface area contributed by atoms with Gasteiger partial charge in [-0.15, -0.1) is 6.42 Å². The number of aryl methyl sites for hydroxylation is 1. The van der Waals surface area contributed by atoms with E-state index in [4.69, 9.17) is 31.1 Å². The van der Waals surface area contributed by atoms with Crippen molar-refractivity contribution in [1.29, 1.82) is 0 Å². The molecule has 1 aromatic heterocycles. The number of carbonyl (C=O) groups excluding carboxylic acids is 2. The largest absolute Gasteiger partial charge is 0.508 e. The number of aliphatic imine (C=N–C) groups is 1. The Morgan fingerprint density at radius 2 is 1.92 bits per heavy atom. The van der Waals surface area contributed by atoms with Gasteiger partial charge in [0, 0.05) is 25.0 Å². The summed E-state index contributed by atoms with van der Waals surface area (Å²) in [6.45, 7) is 3.62. The quantitative estimate of drug-likeness (QED) is 0.159. The number of ether oxygens (including phenoxy) is 4. The molecule has 4 atom stereocenters. The summed E-state index contributed by atoms with van der Waals surface area (Å²) in [5, 5.41) is 0. The molecule has 1 fully saturated rings. The van der Waals surface area contributed by atoms with Crippen LogP contribution in [0.1, 0.15) is 83.7 Å². The van der Waals surface area contributed by atoms with Gasteiger partial charge in [-0.25, -0.2) is 9.78 Å². The van der Waals surface area contributed by atoms with Crippen LogP contribution < -0.4 is 5.73 Å². The first-order valence-corrected chi connectivity index (χ1v) is 13.8. The molecule has 2 aliphatic heterocycles. The molecule has 0 bridgehead atoms. The molecule has 214 valence electrons. The van der Waals surface area contributed by atoms with Gasteiger partial charge in [-0.1, -0.05) is 51.4 Å². The van der Waals surface area contributed by atoms with Crippen molar-refractivity contribution in [1.82, 2.24) is 9.97 Å². The number of nitrogens with two attached hydrogens (primary N) is 1. The number of terminal acetylenes is 1. The highest BCUT2D eigenvalue weighted by atomic mass is 19.1. The van der Waals surface area contributed by atoms with E-state index < -0.39 is 30.0 Å². The van der Waals surface area contributed by atoms with E-state index in [9.17, 15) is 14.0 Å². The second kappa shape index (κ2) is 14.8. The van der Waals surface area contributed by atoms with Crippen LogP contribution in [0.4, 0.5) is 20.7 Å². The predicted molar refractivity (Wildman–Crippen MR) is 143 cm³/mol. The molecule has 2 aliphatic rings. The average molecular weight is 547 g/mol. The van der Waals surface area contributed by atoms with E-state index >= 15 is 0 Å². The number of nitrogens with zero attached hydrogens (tertiary/aromatic N) is 3. The smallest absolute Gasteiger partial charge is 0.458 e. The number of fused-ring (bicyclic) bond motifs is 1. The number of nitrogen functional groups attached to an aromatic ring is 1. The minimum absolute atomic E-state index is 0.0419. The number of hydrogen-bond acceptors (Lipinski definition) is 10. The summed E-state index contributed by atoms with van der Waals surface area (Å²) in [6, 6.07) is 0. The van der Waals surface area contributed by atoms with Crippen molar-refractivity contribution in [3.63, 3.8) is 0 Å². The molecule has 0 aromatic carbocycles. The van der Waals surface area contributed by atoms with Gasteiger partial charge in [0.15, 0.2) is 11.4 Å². The molecular formula is C28H39FN4O6. The van der Waals surface area contributed by atoms with E-state index in [0.29, 0.717) is 24.2 Å². The van der Waals surface area contributed by atoms with Gasteiger partial charge in [0.05, 0.1) is 18.4 Å². The van der Waals surface area contributed by atoms with Gasteiger partial charge in [-0.05, 0) is 26.2 Å². The Hall–Kier alpha value is -3.26. The first-order chi connectivity index (χ1) is 18.8. The number of aromatic nitrogens is 2. The van der Waals surface area contributed by atoms with Crippen molar-refractivity contribution in [3.8, 4) is 12.3 Å². The number of hydrogen-bond donors (Lipinski definition) is 1. The molecule has 3 rings (SSSR count). The molecule has 39 heavy (non-hydrogen) atoms. The number of halogens is 1. The highest BCUT2D eigenvalue weighted by molar-refractivity contribution is 5.73. The van der Waals surface area contributed by atoms with E-state index in [-0.39, 0.29) is 43.8 Å². The molecule has 1 saturated heterocycles. The summed E-state index contributed by atoms with van der Waals surface area (Å²) in [4.78, 5) is 36.5. The fourth-order valence-corrected chi connectivity index (χ4v) is 4.90. The van der Waals surface area contributed by atoms with Crippen LogP contribution in [0.15, 0.2) is 4.99 Å². The third kappa shape index (κ3) is 8.36. The Kier molecular flexibility index (Phi) is 11.5. The van der Waals surface area contributed by atoms with Crippen LogP contribution in [0, 0.1) is 24.3 Å². The summed E-state index contributed by atoms with van der Waals surface area (Å²) in [6.07, 6.45) is 13.3. The number of carbonyl (C=O) groups is 2. The predicted octanol–water partition coefficient (Wildman–Crippen LogP) is 4.85. The summed E-state index contributed by atoms with van der Waals surface area (Å²) in [5.41, 5.74) is 5.08. The van der Waals surface area contributed by atoms with Gasteiger partial charge in [0.1, 0.15) is 18.4 Å². The molecule has 0 radical (unpaired) electrons. The Morgan fingerprint density at radius 3 is 2.64 bits per heavy atom. The van der Waals surface area contributed by atoms with Gasteiger partial charge in [-0.3, -0.25) is 9.79 Å². The highest BCUT2D eigenvalue weighted by Crippen LogP contribution is 2.39. The van der Waals surface area contributed by atoms with Crippen LogP contribution in [0.3, 0.4) is 0 Å². The van der Waals surface area contributed by atoms with Crippen LogP contribution in [-0.2, 0) is 30.2 Å². The topological polar surface area (TPSA) is 135 Å². The van der Waals surface area contributed by atoms with Crippen LogP contribution in [0.2, 0.25) is 0 Å². The van der Waals surface area contributed by atoms with E-state index in [1.165, 1.54) is 19.3 Å². The molecule has 11 heteroatoms. The van der Waals surface area contributed by atoms with E-state index in [2.05, 4.69) is 27.8 Å². The number of rotatable bonds is 13. The monoisotopic (exact) mass is 546 g/mol. The lowest BCUT2D eigenvalue weighted by molar-refractivity contribution is -0.158. The van der Waals surface area contributed by atoms with Crippen LogP contribution in [0.5, 0.6) is 0 Å². The summed E-state index contributed by atoms with van der Waals surface area (Å²) >= 11 is 0. The van der Waals surface area contributed by atoms with Crippen molar-refractivity contribution in [2.24, 2.45) is 10.9 Å². The van der Waals surface area contributed by atoms with Gasteiger partial charge in [-0.2, -0.15) is 9.37 Å². The van der Waals surface area contributed by atoms with Crippen LogP contribution in [0.25, 0.3) is 0 Å². The van der Waals surface area contributed by atoms with Crippen molar-refractivity contribution < 1.29 is 32.9 Å². The zero-order valence-electron chi connectivity index (χ0n) is 22.8. The van der Waals surface area contributed by atoms with Crippen LogP contribution >= 0.6 is 0 Å². The zero-order valence-corrected chi connectivity index (χ0v) is 22.8. The fraction of sp³-hybridized carbons (Fsp3) is 0.679. The maximum atomic E-state index is 13.7. The molecule has 0 aliphatic carbocycles. The molecule has 0 saturated carbocycles. The third-order valence-electron chi connectivity index (χ3n) is 7.04. The Morgan fingerprint density at radius 1 is 1.18 bits per heavy atom. The lowest BCUT2D eigenvalue weighted by Gasteiger charge is -2.29. The minimum Gasteiger partial charge on any atom is -0.458 e. The van der Waals surface area contributed by atoms with Crippen molar-refractivity contribution >= 4 is 29.8 Å². The van der Waals surface area contributed by atoms with Crippen LogP contribution in [-0.4, -0.2) is 59.3 Å². The molecule has 3 heterocycles. The molecule has 0 spiro atoms. The van der Waals surface area contributed by atoms with Gasteiger partial charge in [0.2, 0.25) is 0 Å². The Bertz CT molecular complexity index is 1060. The van der Waals surface area contributed by atoms with Crippen molar-refractivity contribution in [3.05, 3.63) is 11.8 Å². The van der Waals surface area contributed by atoms with Crippen molar-refractivity contribution in [2.75, 3.05) is 18.9 Å². The van der Waals surface area contributed by atoms with Gasteiger partial charge in [0.25, 0.3) is 0 Å². The number of esters is 1. The fourth-order valence-electron chi connectivity index (χ4n) is 4.90. The second-order valence-corrected chi connectivity index (χ2v) is 9.90. The number of unbranched alkanes of at least 4 members (excludes halogenated alkanes) is 6. The summed E-state index contributed by atoms with van der Waals surface area (Å²) < 4.78 is 35.9. The first-order valence-electron chi connectivity index (χ1n) is 13.8. The molecule has 1 unspecified atom stereocenters. The molecular weight excluding hydrogens is 507 g/mol. The lowest BCUT2D eigenvalue weighted by atomic mass is 9.92. The minimum atomic E-state index is -1.49. The first kappa shape index (κ1) is 30.3. The van der Waals surface area contributed by atoms with Crippen molar-refractivity contribution in [2.45, 2.75) is 102 Å². The average Bonchev–Trinajstić information content (AvgIpc) is 3.11. The molecule has 10 nitrogen and oxygen atoms in total. The normalized spacial score (nSPS) is 23.9. The maximum Gasteiger partial charge on any atom is 0.508 e. The summed E-state index contributed by atoms with van der Waals surface area (Å²) in [5.74, 6) is 1.88. The summed E-state index contributed by atoms with van der Waals surface area (Å²) in [7, 11) is 0. The maximum absolute atomic E-state index is 13.7. The zero-order chi connectivity index (χ0) is 28.3. The number of anilines is 1. The van der Waals surface area contributed by atoms with Gasteiger partial charge >= 0.3 is 18.2 Å². The highest BCUT2D eigenvalue weighted by Gasteiger charge is 2.53. The Balaban J connectivity index is 1.68. The lowest BCUT2D eigenvalue weighted by Crippen LogP contribution is -2.45. The molecule has 2 N–H and O–H groups in total. The third-order valence-corrected chi connectivity index (χ3v) is 7.04. The second-order valence-electron chi connectivity index (χ2n) is 9.90.